The molecule has 4 atom stereocenters. The van der Waals surface area contributed by atoms with E-state index in [4.69, 9.17) is 26.1 Å². The molecule has 2 aliphatic carbocycles. The topological polar surface area (TPSA) is 184 Å². The van der Waals surface area contributed by atoms with E-state index in [-0.39, 0.29) is 53.8 Å². The molecule has 0 aliphatic heterocycles. The van der Waals surface area contributed by atoms with Crippen LogP contribution in [0.3, 0.4) is 0 Å². The van der Waals surface area contributed by atoms with Gasteiger partial charge in [-0.3, -0.25) is 4.91 Å². The number of hydrogen-bond donors (Lipinski definition) is 2. The Kier molecular flexibility index (Phi) is 14.2. The molecule has 0 heterocycles. The Hall–Kier alpha value is -3.40. The summed E-state index contributed by atoms with van der Waals surface area (Å²) in [5.74, 6) is 0.412. The number of carbonyl (C=O) groups excluding carboxylic acids is 2. The number of benzene rings is 2. The molecule has 0 unspecified atom stereocenters. The van der Waals surface area contributed by atoms with Crippen LogP contribution in [0.2, 0.25) is 0 Å². The normalized spacial score (nSPS) is 19.7. The van der Waals surface area contributed by atoms with Crippen LogP contribution in [0, 0.1) is 5.92 Å². The summed E-state index contributed by atoms with van der Waals surface area (Å²) in [4.78, 5) is 28.1. The van der Waals surface area contributed by atoms with Crippen molar-refractivity contribution in [2.24, 2.45) is 11.0 Å². The summed E-state index contributed by atoms with van der Waals surface area (Å²) in [7, 11) is 0. The summed E-state index contributed by atoms with van der Waals surface area (Å²) < 4.78 is 10.6. The molecular formula is C29H39N8NaO4. The van der Waals surface area contributed by atoms with Crippen LogP contribution in [0.4, 0.5) is 9.59 Å². The number of alkyl carbamates (subject to hydrolysis) is 2. The second kappa shape index (κ2) is 16.3. The zero-order valence-corrected chi connectivity index (χ0v) is 27.7. The second-order valence-electron chi connectivity index (χ2n) is 11.9. The van der Waals surface area contributed by atoms with Crippen LogP contribution in [-0.4, -0.2) is 29.4 Å². The van der Waals surface area contributed by atoms with E-state index in [0.717, 1.165) is 17.5 Å². The molecule has 0 aromatic heterocycles. The quantitative estimate of drug-likeness (QED) is 0.227. The SMILES string of the molecule is CC(C)(C)OC(=O)N[C@H]1c2ccccc2C[C@@H]1N=[N+]=[N-].C[C@@H]1Cc2ccccc2[C@@H]1NC(=O)OC(C)(C)C.[N-]=[N+]=[N-].[Na+]. The molecule has 2 N–H and O–H groups in total. The Balaban J connectivity index is 0.000000377. The number of ether oxygens (including phenoxy) is 2. The number of amides is 2. The van der Waals surface area contributed by atoms with Crippen molar-refractivity contribution in [2.75, 3.05) is 0 Å². The number of rotatable bonds is 3. The van der Waals surface area contributed by atoms with Gasteiger partial charge in [-0.25, -0.2) is 9.59 Å². The zero-order chi connectivity index (χ0) is 30.8. The van der Waals surface area contributed by atoms with E-state index in [9.17, 15) is 9.59 Å². The summed E-state index contributed by atoms with van der Waals surface area (Å²) in [6.45, 7) is 13.2. The van der Waals surface area contributed by atoms with Crippen LogP contribution in [0.5, 0.6) is 0 Å². The minimum atomic E-state index is -0.559. The molecule has 0 fully saturated rings. The van der Waals surface area contributed by atoms with Crippen molar-refractivity contribution in [3.8, 4) is 0 Å². The van der Waals surface area contributed by atoms with E-state index >= 15 is 0 Å². The van der Waals surface area contributed by atoms with Crippen LogP contribution in [0.15, 0.2) is 53.6 Å². The summed E-state index contributed by atoms with van der Waals surface area (Å²) in [5.41, 5.74) is 25.8. The van der Waals surface area contributed by atoms with Crippen LogP contribution in [0.25, 0.3) is 26.4 Å². The third-order valence-electron chi connectivity index (χ3n) is 6.25. The van der Waals surface area contributed by atoms with Gasteiger partial charge >= 0.3 is 41.7 Å². The molecule has 2 aromatic rings. The fourth-order valence-corrected chi connectivity index (χ4v) is 4.81. The Bertz CT molecular complexity index is 1300. The van der Waals surface area contributed by atoms with Gasteiger partial charge in [-0.1, -0.05) is 60.6 Å². The standard InChI is InChI=1S/C15H21NO2.C14H18N4O2.N3.Na/c1-10-9-11-7-5-6-8-12(11)13(10)16-14(17)18-15(2,3)4;1-14(2,3)20-13(19)16-12-10-7-5-4-6-9(10)8-11(12)17-18-15;1-3-2;/h5-8,10,13H,9H2,1-4H3,(H,16,17);4-7,11-12H,8H2,1-3H3,(H,16,19);;/q;;-1;+1/t10-,13-;11-,12-;;/m10../s1. The fraction of sp³-hybridized carbons (Fsp3) is 0.517. The molecule has 0 radical (unpaired) electrons. The first-order valence-electron chi connectivity index (χ1n) is 13.4. The molecule has 2 aliphatic rings. The summed E-state index contributed by atoms with van der Waals surface area (Å²) in [6.07, 6.45) is 0.797. The van der Waals surface area contributed by atoms with Crippen molar-refractivity contribution >= 4 is 12.2 Å². The van der Waals surface area contributed by atoms with E-state index in [1.54, 1.807) is 20.8 Å². The molecule has 0 saturated carbocycles. The Morgan fingerprint density at radius 3 is 1.64 bits per heavy atom. The van der Waals surface area contributed by atoms with Gasteiger partial charge in [0, 0.05) is 4.91 Å². The van der Waals surface area contributed by atoms with Gasteiger partial charge in [0.05, 0.1) is 18.1 Å². The van der Waals surface area contributed by atoms with Crippen LogP contribution < -0.4 is 40.2 Å². The van der Waals surface area contributed by atoms with Gasteiger partial charge in [-0.15, -0.1) is 0 Å². The van der Waals surface area contributed by atoms with Gasteiger partial charge in [-0.05, 0) is 88.1 Å². The monoisotopic (exact) mass is 586 g/mol. The van der Waals surface area contributed by atoms with Crippen molar-refractivity contribution in [2.45, 2.75) is 90.6 Å². The van der Waals surface area contributed by atoms with E-state index < -0.39 is 17.3 Å². The molecule has 12 nitrogen and oxygen atoms in total. The number of fused-ring (bicyclic) bond motifs is 2. The van der Waals surface area contributed by atoms with E-state index in [1.807, 2.05) is 57.2 Å². The largest absolute Gasteiger partial charge is 1.00 e. The number of carbonyl (C=O) groups is 2. The van der Waals surface area contributed by atoms with Crippen LogP contribution >= 0.6 is 0 Å². The first-order chi connectivity index (χ1) is 19.2. The van der Waals surface area contributed by atoms with Gasteiger partial charge < -0.3 is 31.2 Å². The smallest absolute Gasteiger partial charge is 0.444 e. The summed E-state index contributed by atoms with van der Waals surface area (Å²) in [6, 6.07) is 15.4. The Morgan fingerprint density at radius 2 is 1.19 bits per heavy atom. The average molecular weight is 587 g/mol. The maximum atomic E-state index is 11.9. The number of nitrogens with zero attached hydrogens (tertiary/aromatic N) is 6. The molecule has 4 rings (SSSR count). The number of hydrogen-bond acceptors (Lipinski definition) is 5. The average Bonchev–Trinajstić information content (AvgIpc) is 3.35. The van der Waals surface area contributed by atoms with Gasteiger partial charge in [0.1, 0.15) is 11.2 Å². The van der Waals surface area contributed by atoms with E-state index in [1.165, 1.54) is 16.0 Å². The van der Waals surface area contributed by atoms with Gasteiger partial charge in [0.25, 0.3) is 0 Å². The summed E-state index contributed by atoms with van der Waals surface area (Å²) >= 11 is 0. The third kappa shape index (κ3) is 11.5. The first kappa shape index (κ1) is 36.6. The second-order valence-corrected chi connectivity index (χ2v) is 11.9. The van der Waals surface area contributed by atoms with E-state index in [2.05, 4.69) is 39.7 Å². The minimum absolute atomic E-state index is 0. The van der Waals surface area contributed by atoms with Gasteiger partial charge in [0.15, 0.2) is 0 Å². The molecule has 0 bridgehead atoms. The molecule has 42 heavy (non-hydrogen) atoms. The molecule has 2 amide bonds. The molecular weight excluding hydrogens is 547 g/mol. The van der Waals surface area contributed by atoms with Crippen molar-refractivity contribution in [3.63, 3.8) is 0 Å². The van der Waals surface area contributed by atoms with Crippen molar-refractivity contribution < 1.29 is 48.6 Å². The van der Waals surface area contributed by atoms with Crippen molar-refractivity contribution in [1.29, 1.82) is 0 Å². The van der Waals surface area contributed by atoms with Gasteiger partial charge in [-0.2, -0.15) is 0 Å². The molecule has 0 saturated heterocycles. The number of azide groups is 1. The fourth-order valence-electron chi connectivity index (χ4n) is 4.81. The van der Waals surface area contributed by atoms with Crippen LogP contribution in [0.1, 0.15) is 82.8 Å². The Labute approximate surface area is 269 Å². The zero-order valence-electron chi connectivity index (χ0n) is 25.7. The molecule has 13 heteroatoms. The Morgan fingerprint density at radius 1 is 0.786 bits per heavy atom. The minimum Gasteiger partial charge on any atom is -0.444 e. The van der Waals surface area contributed by atoms with E-state index in [0.29, 0.717) is 12.3 Å². The van der Waals surface area contributed by atoms with Crippen molar-refractivity contribution in [3.05, 3.63) is 97.2 Å². The predicted octanol–water partition coefficient (Wildman–Crippen LogP) is 4.80. The first-order valence-corrected chi connectivity index (χ1v) is 13.4. The molecule has 0 spiro atoms. The third-order valence-corrected chi connectivity index (χ3v) is 6.25. The maximum absolute atomic E-state index is 11.9. The van der Waals surface area contributed by atoms with Crippen LogP contribution in [-0.2, 0) is 22.3 Å². The maximum Gasteiger partial charge on any atom is 1.00 e. The predicted molar refractivity (Wildman–Crippen MR) is 157 cm³/mol. The molecule has 220 valence electrons. The molecule has 2 aromatic carbocycles. The van der Waals surface area contributed by atoms with Gasteiger partial charge in [0.2, 0.25) is 0 Å². The van der Waals surface area contributed by atoms with Crippen molar-refractivity contribution in [1.82, 2.24) is 10.6 Å². The summed E-state index contributed by atoms with van der Waals surface area (Å²) in [5, 5.41) is 9.56. The number of nitrogens with one attached hydrogen (secondary N) is 2.